The number of sulfone groups is 1. The molecule has 1 heterocycles. The number of aliphatic carboxylic acids is 1. The number of carboxylic acid groups (broad SMARTS) is 1. The van der Waals surface area contributed by atoms with E-state index >= 15 is 0 Å². The summed E-state index contributed by atoms with van der Waals surface area (Å²) in [7, 11) is -3.76. The van der Waals surface area contributed by atoms with E-state index in [0.29, 0.717) is 29.2 Å². The molecule has 0 aromatic heterocycles. The summed E-state index contributed by atoms with van der Waals surface area (Å²) in [6, 6.07) is 9.14. The molecule has 1 aliphatic rings. The number of aliphatic hydroxyl groups excluding tert-OH is 1. The summed E-state index contributed by atoms with van der Waals surface area (Å²) >= 11 is 1.32. The fourth-order valence-electron chi connectivity index (χ4n) is 4.40. The van der Waals surface area contributed by atoms with Gasteiger partial charge in [-0.3, -0.25) is 0 Å². The van der Waals surface area contributed by atoms with Crippen molar-refractivity contribution in [3.63, 3.8) is 0 Å². The first kappa shape index (κ1) is 27.3. The van der Waals surface area contributed by atoms with Crippen LogP contribution in [0.5, 0.6) is 5.75 Å². The Bertz CT molecular complexity index is 1160. The molecule has 0 bridgehead atoms. The van der Waals surface area contributed by atoms with Crippen LogP contribution in [0.25, 0.3) is 0 Å². The van der Waals surface area contributed by atoms with Gasteiger partial charge in [0.15, 0.2) is 15.9 Å². The van der Waals surface area contributed by atoms with Crippen molar-refractivity contribution in [2.24, 2.45) is 5.41 Å². The maximum absolute atomic E-state index is 13.8. The zero-order valence-electron chi connectivity index (χ0n) is 20.2. The van der Waals surface area contributed by atoms with Gasteiger partial charge in [-0.05, 0) is 49.4 Å². The molecule has 0 amide bonds. The largest absolute Gasteiger partial charge is 0.489 e. The van der Waals surface area contributed by atoms with Gasteiger partial charge in [-0.25, -0.2) is 17.6 Å². The zero-order valence-corrected chi connectivity index (χ0v) is 21.8. The molecule has 192 valence electrons. The highest BCUT2D eigenvalue weighted by molar-refractivity contribution is 7.98. The molecule has 35 heavy (non-hydrogen) atoms. The first-order valence-electron chi connectivity index (χ1n) is 11.6. The molecule has 2 aromatic rings. The van der Waals surface area contributed by atoms with Gasteiger partial charge in [0.05, 0.1) is 21.2 Å². The lowest BCUT2D eigenvalue weighted by Gasteiger charge is -2.36. The van der Waals surface area contributed by atoms with E-state index in [2.05, 4.69) is 6.92 Å². The number of thioether (sulfide) groups is 1. The van der Waals surface area contributed by atoms with Crippen molar-refractivity contribution in [2.45, 2.75) is 55.4 Å². The molecular weight excluding hydrogens is 493 g/mol. The van der Waals surface area contributed by atoms with E-state index < -0.39 is 33.9 Å². The van der Waals surface area contributed by atoms with Crippen LogP contribution < -0.4 is 9.64 Å². The third-order valence-corrected chi connectivity index (χ3v) is 9.24. The average molecular weight is 526 g/mol. The summed E-state index contributed by atoms with van der Waals surface area (Å²) in [6.45, 7) is 4.01. The number of fused-ring (bicyclic) bond motifs is 1. The van der Waals surface area contributed by atoms with Gasteiger partial charge in [0.1, 0.15) is 18.2 Å². The minimum atomic E-state index is -3.76. The predicted molar refractivity (Wildman–Crippen MR) is 135 cm³/mol. The number of carboxylic acids is 1. The monoisotopic (exact) mass is 525 g/mol. The van der Waals surface area contributed by atoms with Gasteiger partial charge in [-0.15, -0.1) is 11.8 Å². The molecule has 10 heteroatoms. The lowest BCUT2D eigenvalue weighted by molar-refractivity contribution is -0.148. The number of aliphatic hydroxyl groups is 1. The SMILES string of the molecule is CCCC[C@@]1(CC)CN(c2ccc(F)cc2)c2cc(SC)c(OC[C@@H](O)C(=O)O)cc2S(=O)(=O)C1. The Balaban J connectivity index is 2.20. The number of carbonyl (C=O) groups is 1. The number of benzene rings is 2. The fraction of sp³-hybridized carbons (Fsp3) is 0.480. The molecule has 0 spiro atoms. The Morgan fingerprint density at radius 3 is 2.51 bits per heavy atom. The minimum absolute atomic E-state index is 0.0446. The molecule has 2 atom stereocenters. The number of halogens is 1. The third kappa shape index (κ3) is 6.10. The van der Waals surface area contributed by atoms with Gasteiger partial charge in [0.2, 0.25) is 0 Å². The molecule has 0 fully saturated rings. The van der Waals surface area contributed by atoms with Crippen LogP contribution in [0.4, 0.5) is 15.8 Å². The van der Waals surface area contributed by atoms with Crippen LogP contribution in [0.15, 0.2) is 46.2 Å². The average Bonchev–Trinajstić information content (AvgIpc) is 2.93. The van der Waals surface area contributed by atoms with Crippen LogP contribution in [0.3, 0.4) is 0 Å². The van der Waals surface area contributed by atoms with Crippen molar-refractivity contribution in [2.75, 3.05) is 30.1 Å². The van der Waals surface area contributed by atoms with E-state index in [1.54, 1.807) is 24.5 Å². The molecule has 0 radical (unpaired) electrons. The Morgan fingerprint density at radius 2 is 1.94 bits per heavy atom. The number of ether oxygens (including phenoxy) is 1. The summed E-state index contributed by atoms with van der Waals surface area (Å²) in [5, 5.41) is 18.6. The second-order valence-corrected chi connectivity index (χ2v) is 11.7. The lowest BCUT2D eigenvalue weighted by Crippen LogP contribution is -2.37. The van der Waals surface area contributed by atoms with E-state index in [1.807, 2.05) is 11.8 Å². The molecule has 1 aliphatic heterocycles. The quantitative estimate of drug-likeness (QED) is 0.423. The molecule has 0 saturated carbocycles. The molecule has 2 aromatic carbocycles. The second kappa shape index (κ2) is 11.2. The maximum atomic E-state index is 13.8. The van der Waals surface area contributed by atoms with Crippen LogP contribution in [0.2, 0.25) is 0 Å². The van der Waals surface area contributed by atoms with E-state index in [4.69, 9.17) is 9.84 Å². The van der Waals surface area contributed by atoms with E-state index in [0.717, 1.165) is 19.3 Å². The van der Waals surface area contributed by atoms with Crippen molar-refractivity contribution in [3.8, 4) is 5.75 Å². The van der Waals surface area contributed by atoms with Crippen molar-refractivity contribution >= 4 is 38.9 Å². The number of hydrogen-bond donors (Lipinski definition) is 2. The number of unbranched alkanes of at least 4 members (excludes halogenated alkanes) is 1. The Labute approximate surface area is 210 Å². The molecule has 3 rings (SSSR count). The first-order chi connectivity index (χ1) is 16.6. The summed E-state index contributed by atoms with van der Waals surface area (Å²) in [5.74, 6) is -1.66. The van der Waals surface area contributed by atoms with Gasteiger partial charge in [-0.1, -0.05) is 26.7 Å². The van der Waals surface area contributed by atoms with E-state index in [9.17, 15) is 22.7 Å². The number of anilines is 2. The summed E-state index contributed by atoms with van der Waals surface area (Å²) < 4.78 is 46.8. The summed E-state index contributed by atoms with van der Waals surface area (Å²) in [6.07, 6.45) is 3.27. The van der Waals surface area contributed by atoms with Crippen molar-refractivity contribution in [3.05, 3.63) is 42.2 Å². The summed E-state index contributed by atoms with van der Waals surface area (Å²) in [5.41, 5.74) is 0.641. The highest BCUT2D eigenvalue weighted by Crippen LogP contribution is 2.47. The molecule has 0 unspecified atom stereocenters. The molecule has 0 saturated heterocycles. The van der Waals surface area contributed by atoms with Crippen LogP contribution in [0, 0.1) is 11.2 Å². The Morgan fingerprint density at radius 1 is 1.26 bits per heavy atom. The topological polar surface area (TPSA) is 104 Å². The standard InChI is InChI=1S/C25H32FNO6S2/c1-4-6-11-25(5-2)15-27(18-9-7-17(26)8-10-18)19-12-22(34-3)21(33-14-20(28)24(29)30)13-23(19)35(31,32)16-25/h7-10,12-13,20,28H,4-6,11,14-16H2,1-3H3,(H,29,30)/t20-,25+/m1/s1. The third-order valence-electron chi connectivity index (χ3n) is 6.49. The van der Waals surface area contributed by atoms with Crippen LogP contribution in [-0.2, 0) is 14.6 Å². The van der Waals surface area contributed by atoms with Gasteiger partial charge in [0.25, 0.3) is 0 Å². The van der Waals surface area contributed by atoms with Crippen LogP contribution in [-0.4, -0.2) is 55.9 Å². The van der Waals surface area contributed by atoms with Gasteiger partial charge in [-0.2, -0.15) is 0 Å². The van der Waals surface area contributed by atoms with E-state index in [1.165, 1.54) is 30.0 Å². The number of nitrogens with zero attached hydrogens (tertiary/aromatic N) is 1. The second-order valence-electron chi connectivity index (χ2n) is 8.91. The van der Waals surface area contributed by atoms with E-state index in [-0.39, 0.29) is 22.2 Å². The Hall–Kier alpha value is -2.30. The lowest BCUT2D eigenvalue weighted by atomic mass is 9.81. The highest BCUT2D eigenvalue weighted by Gasteiger charge is 2.42. The van der Waals surface area contributed by atoms with Crippen LogP contribution in [0.1, 0.15) is 39.5 Å². The molecule has 2 N–H and O–H groups in total. The van der Waals surface area contributed by atoms with Crippen molar-refractivity contribution in [1.82, 2.24) is 0 Å². The van der Waals surface area contributed by atoms with Crippen molar-refractivity contribution in [1.29, 1.82) is 0 Å². The van der Waals surface area contributed by atoms with Gasteiger partial charge >= 0.3 is 5.97 Å². The summed E-state index contributed by atoms with van der Waals surface area (Å²) in [4.78, 5) is 13.6. The normalized spacial score (nSPS) is 20.1. The smallest absolute Gasteiger partial charge is 0.336 e. The maximum Gasteiger partial charge on any atom is 0.336 e. The van der Waals surface area contributed by atoms with Crippen molar-refractivity contribution < 1.29 is 32.6 Å². The fourth-order valence-corrected chi connectivity index (χ4v) is 7.12. The first-order valence-corrected chi connectivity index (χ1v) is 14.4. The number of hydrogen-bond acceptors (Lipinski definition) is 7. The highest BCUT2D eigenvalue weighted by atomic mass is 32.2. The molecule has 7 nitrogen and oxygen atoms in total. The van der Waals surface area contributed by atoms with Gasteiger partial charge < -0.3 is 19.8 Å². The minimum Gasteiger partial charge on any atom is -0.489 e. The Kier molecular flexibility index (Phi) is 8.72. The zero-order chi connectivity index (χ0) is 25.8. The molecule has 0 aliphatic carbocycles. The predicted octanol–water partition coefficient (Wildman–Crippen LogP) is 4.88. The number of rotatable bonds is 10. The van der Waals surface area contributed by atoms with Crippen LogP contribution >= 0.6 is 11.8 Å². The molecular formula is C25H32FNO6S2. The van der Waals surface area contributed by atoms with Gasteiger partial charge in [0, 0.05) is 23.7 Å².